The van der Waals surface area contributed by atoms with Gasteiger partial charge in [0.1, 0.15) is 5.69 Å². The molecule has 2 aromatic heterocycles. The number of esters is 1. The van der Waals surface area contributed by atoms with Crippen molar-refractivity contribution < 1.29 is 14.3 Å². The van der Waals surface area contributed by atoms with Gasteiger partial charge in [-0.3, -0.25) is 9.78 Å². The van der Waals surface area contributed by atoms with E-state index in [1.54, 1.807) is 12.1 Å². The third-order valence-corrected chi connectivity index (χ3v) is 6.29. The van der Waals surface area contributed by atoms with Crippen LogP contribution in [0.25, 0.3) is 0 Å². The van der Waals surface area contributed by atoms with Gasteiger partial charge in [-0.15, -0.1) is 11.3 Å². The maximum absolute atomic E-state index is 12.8. The maximum atomic E-state index is 12.8. The molecule has 1 aliphatic rings. The number of carbonyl (C=O) groups excluding carboxylic acids is 2. The number of hydrogen-bond donors (Lipinski definition) is 0. The van der Waals surface area contributed by atoms with Crippen molar-refractivity contribution in [1.29, 1.82) is 0 Å². The number of methoxy groups -OCH3 is 1. The van der Waals surface area contributed by atoms with E-state index in [2.05, 4.69) is 42.4 Å². The van der Waals surface area contributed by atoms with Crippen LogP contribution in [0.4, 0.5) is 0 Å². The molecule has 0 N–H and O–H groups in total. The first kappa shape index (κ1) is 17.7. The number of nitrogens with zero attached hydrogens (tertiary/aromatic N) is 2. The van der Waals surface area contributed by atoms with E-state index in [1.807, 2.05) is 0 Å². The molecule has 0 aromatic carbocycles. The van der Waals surface area contributed by atoms with Crippen molar-refractivity contribution in [3.8, 4) is 0 Å². The summed E-state index contributed by atoms with van der Waals surface area (Å²) in [6, 6.07) is 3.10. The monoisotopic (exact) mass is 358 g/mol. The first-order valence-corrected chi connectivity index (χ1v) is 9.08. The first-order valence-electron chi connectivity index (χ1n) is 8.26. The molecular formula is C19H22N2O3S. The zero-order valence-corrected chi connectivity index (χ0v) is 16.0. The van der Waals surface area contributed by atoms with Gasteiger partial charge in [-0.05, 0) is 25.0 Å². The fourth-order valence-corrected chi connectivity index (χ4v) is 4.39. The van der Waals surface area contributed by atoms with Crippen LogP contribution >= 0.6 is 11.3 Å². The highest BCUT2D eigenvalue weighted by Crippen LogP contribution is 2.48. The molecule has 3 rings (SSSR count). The first-order chi connectivity index (χ1) is 11.7. The number of fused-ring (bicyclic) bond motifs is 1. The normalized spacial score (nSPS) is 17.6. The number of ether oxygens (including phenoxy) is 1. The molecule has 6 heteroatoms. The van der Waals surface area contributed by atoms with Crippen LogP contribution in [0.5, 0.6) is 0 Å². The summed E-state index contributed by atoms with van der Waals surface area (Å²) in [6.45, 7) is 8.77. The van der Waals surface area contributed by atoms with Gasteiger partial charge in [0.2, 0.25) is 5.78 Å². The number of rotatable bonds is 3. The van der Waals surface area contributed by atoms with Gasteiger partial charge in [-0.2, -0.15) is 0 Å². The van der Waals surface area contributed by atoms with Crippen LogP contribution in [-0.4, -0.2) is 28.8 Å². The molecule has 0 atom stereocenters. The Morgan fingerprint density at radius 3 is 2.36 bits per heavy atom. The van der Waals surface area contributed by atoms with Crippen LogP contribution in [0.1, 0.15) is 77.0 Å². The Bertz CT molecular complexity index is 801. The third-order valence-electron chi connectivity index (χ3n) is 4.87. The van der Waals surface area contributed by atoms with E-state index in [9.17, 15) is 9.59 Å². The molecule has 0 bridgehead atoms. The molecule has 0 fully saturated rings. The predicted octanol–water partition coefficient (Wildman–Crippen LogP) is 3.90. The second-order valence-corrected chi connectivity index (χ2v) is 8.72. The topological polar surface area (TPSA) is 69.2 Å². The highest BCUT2D eigenvalue weighted by Gasteiger charge is 2.41. The minimum absolute atomic E-state index is 0.0257. The minimum atomic E-state index is -0.472. The lowest BCUT2D eigenvalue weighted by molar-refractivity contribution is 0.0600. The highest BCUT2D eigenvalue weighted by molar-refractivity contribution is 7.14. The average Bonchev–Trinajstić information content (AvgIpc) is 3.06. The van der Waals surface area contributed by atoms with Crippen LogP contribution in [0.2, 0.25) is 0 Å². The lowest BCUT2D eigenvalue weighted by Crippen LogP contribution is -2.32. The zero-order valence-electron chi connectivity index (χ0n) is 15.2. The van der Waals surface area contributed by atoms with E-state index in [1.165, 1.54) is 29.5 Å². The van der Waals surface area contributed by atoms with Gasteiger partial charge in [0, 0.05) is 21.9 Å². The molecule has 0 radical (unpaired) electrons. The summed E-state index contributed by atoms with van der Waals surface area (Å²) >= 11 is 1.47. The fourth-order valence-electron chi connectivity index (χ4n) is 3.07. The number of pyridine rings is 1. The van der Waals surface area contributed by atoms with Crippen molar-refractivity contribution in [1.82, 2.24) is 9.97 Å². The second-order valence-electron chi connectivity index (χ2n) is 7.72. The van der Waals surface area contributed by atoms with Crippen molar-refractivity contribution >= 4 is 23.1 Å². The number of aromatic nitrogens is 2. The Hall–Kier alpha value is -2.08. The van der Waals surface area contributed by atoms with E-state index >= 15 is 0 Å². The quantitative estimate of drug-likeness (QED) is 0.615. The number of thiazole rings is 1. The molecule has 2 aromatic rings. The Balaban J connectivity index is 1.96. The van der Waals surface area contributed by atoms with Gasteiger partial charge in [0.05, 0.1) is 18.4 Å². The molecule has 1 aliphatic carbocycles. The van der Waals surface area contributed by atoms with Gasteiger partial charge in [-0.1, -0.05) is 27.7 Å². The Kier molecular flexibility index (Phi) is 4.27. The molecule has 0 unspecified atom stereocenters. The van der Waals surface area contributed by atoms with Crippen LogP contribution < -0.4 is 0 Å². The second kappa shape index (κ2) is 6.02. The van der Waals surface area contributed by atoms with Gasteiger partial charge in [-0.25, -0.2) is 9.78 Å². The standard InChI is InChI=1S/C19H22N2O3S/c1-18(2)8-9-19(3,4)15-14(18)21-16(25-15)13(22)12-7-6-11(10-20-12)17(23)24-5/h6-7,10H,8-9H2,1-5H3. The summed E-state index contributed by atoms with van der Waals surface area (Å²) in [7, 11) is 1.31. The highest BCUT2D eigenvalue weighted by atomic mass is 32.1. The molecule has 0 saturated heterocycles. The maximum Gasteiger partial charge on any atom is 0.339 e. The zero-order chi connectivity index (χ0) is 18.4. The van der Waals surface area contributed by atoms with Gasteiger partial charge >= 0.3 is 5.97 Å². The predicted molar refractivity (Wildman–Crippen MR) is 96.4 cm³/mol. The summed E-state index contributed by atoms with van der Waals surface area (Å²) < 4.78 is 4.65. The van der Waals surface area contributed by atoms with Crippen LogP contribution in [-0.2, 0) is 15.6 Å². The van der Waals surface area contributed by atoms with Gasteiger partial charge < -0.3 is 4.74 Å². The van der Waals surface area contributed by atoms with Crippen molar-refractivity contribution in [2.75, 3.05) is 7.11 Å². The van der Waals surface area contributed by atoms with E-state index < -0.39 is 5.97 Å². The van der Waals surface area contributed by atoms with E-state index in [0.29, 0.717) is 10.6 Å². The molecular weight excluding hydrogens is 336 g/mol. The van der Waals surface area contributed by atoms with E-state index in [4.69, 9.17) is 0 Å². The van der Waals surface area contributed by atoms with E-state index in [0.717, 1.165) is 18.5 Å². The molecule has 5 nitrogen and oxygen atoms in total. The van der Waals surface area contributed by atoms with Crippen LogP contribution in [0.3, 0.4) is 0 Å². The van der Waals surface area contributed by atoms with Crippen LogP contribution in [0, 0.1) is 0 Å². The SMILES string of the molecule is COC(=O)c1ccc(C(=O)c2nc3c(s2)C(C)(C)CCC3(C)C)nc1. The molecule has 0 aliphatic heterocycles. The molecule has 2 heterocycles. The summed E-state index contributed by atoms with van der Waals surface area (Å²) in [5.74, 6) is -0.679. The van der Waals surface area contributed by atoms with Gasteiger partial charge in [0.25, 0.3) is 0 Å². The van der Waals surface area contributed by atoms with E-state index in [-0.39, 0.29) is 22.3 Å². The molecule has 132 valence electrons. The fraction of sp³-hybridized carbons (Fsp3) is 0.474. The van der Waals surface area contributed by atoms with Crippen molar-refractivity contribution in [3.63, 3.8) is 0 Å². The number of hydrogen-bond acceptors (Lipinski definition) is 6. The summed E-state index contributed by atoms with van der Waals surface area (Å²) in [5, 5.41) is 0.464. The Morgan fingerprint density at radius 1 is 1.12 bits per heavy atom. The molecule has 0 saturated carbocycles. The molecule has 25 heavy (non-hydrogen) atoms. The summed E-state index contributed by atoms with van der Waals surface area (Å²) in [4.78, 5) is 34.3. The minimum Gasteiger partial charge on any atom is -0.465 e. The largest absolute Gasteiger partial charge is 0.465 e. The van der Waals surface area contributed by atoms with Crippen LogP contribution in [0.15, 0.2) is 18.3 Å². The molecule has 0 amide bonds. The lowest BCUT2D eigenvalue weighted by Gasteiger charge is -2.37. The summed E-state index contributed by atoms with van der Waals surface area (Å²) in [6.07, 6.45) is 3.49. The molecule has 0 spiro atoms. The Morgan fingerprint density at radius 2 is 1.80 bits per heavy atom. The lowest BCUT2D eigenvalue weighted by atomic mass is 9.69. The summed E-state index contributed by atoms with van der Waals surface area (Å²) in [5.41, 5.74) is 1.64. The van der Waals surface area contributed by atoms with Gasteiger partial charge in [0.15, 0.2) is 5.01 Å². The van der Waals surface area contributed by atoms with Crippen molar-refractivity contribution in [3.05, 3.63) is 45.2 Å². The third kappa shape index (κ3) is 3.11. The smallest absolute Gasteiger partial charge is 0.339 e. The average molecular weight is 358 g/mol. The van der Waals surface area contributed by atoms with Crippen molar-refractivity contribution in [2.45, 2.75) is 51.4 Å². The Labute approximate surface area is 151 Å². The number of ketones is 1. The number of carbonyl (C=O) groups is 2. The van der Waals surface area contributed by atoms with Crippen molar-refractivity contribution in [2.24, 2.45) is 0 Å².